The summed E-state index contributed by atoms with van der Waals surface area (Å²) in [5, 5.41) is 27.6. The summed E-state index contributed by atoms with van der Waals surface area (Å²) in [6.07, 6.45) is -4.14. The van der Waals surface area contributed by atoms with E-state index in [0.717, 1.165) is 0 Å². The first-order valence-electron chi connectivity index (χ1n) is 7.35. The van der Waals surface area contributed by atoms with Gasteiger partial charge < -0.3 is 24.8 Å². The first kappa shape index (κ1) is 19.9. The van der Waals surface area contributed by atoms with E-state index in [2.05, 4.69) is 0 Å². The van der Waals surface area contributed by atoms with Crippen LogP contribution in [-0.2, 0) is 16.1 Å². The molecule has 0 unspecified atom stereocenters. The third-order valence-corrected chi connectivity index (χ3v) is 3.18. The largest absolute Gasteiger partial charge is 0.393 e. The highest BCUT2D eigenvalue weighted by molar-refractivity contribution is 5.13. The maximum absolute atomic E-state index is 14.2. The second kappa shape index (κ2) is 8.65. The Labute approximate surface area is 134 Å². The minimum absolute atomic E-state index is 0.0677. The van der Waals surface area contributed by atoms with E-state index in [0.29, 0.717) is 5.56 Å². The topological polar surface area (TPSA) is 79.2 Å². The maximum atomic E-state index is 14.2. The number of halogens is 2. The molecule has 0 heterocycles. The van der Waals surface area contributed by atoms with Crippen molar-refractivity contribution < 1.29 is 33.6 Å². The molecule has 0 aliphatic carbocycles. The van der Waals surface area contributed by atoms with Crippen molar-refractivity contribution in [3.63, 3.8) is 0 Å². The average Bonchev–Trinajstić information content (AvgIpc) is 2.49. The van der Waals surface area contributed by atoms with Gasteiger partial charge in [0.2, 0.25) is 0 Å². The van der Waals surface area contributed by atoms with Crippen molar-refractivity contribution in [1.82, 2.24) is 0 Å². The third kappa shape index (κ3) is 6.88. The highest BCUT2D eigenvalue weighted by Crippen LogP contribution is 2.29. The molecule has 0 radical (unpaired) electrons. The van der Waals surface area contributed by atoms with Gasteiger partial charge in [-0.2, -0.15) is 0 Å². The molecule has 0 amide bonds. The lowest BCUT2D eigenvalue weighted by atomic mass is 10.0. The van der Waals surface area contributed by atoms with Crippen LogP contribution in [0, 0.1) is 0 Å². The van der Waals surface area contributed by atoms with Gasteiger partial charge in [0, 0.05) is 6.42 Å². The van der Waals surface area contributed by atoms with Gasteiger partial charge in [-0.25, -0.2) is 8.78 Å². The summed E-state index contributed by atoms with van der Waals surface area (Å²) < 4.78 is 38.6. The molecule has 3 N–H and O–H groups in total. The Balaban J connectivity index is 2.71. The molecular formula is C16H24F2O5. The molecule has 2 atom stereocenters. The van der Waals surface area contributed by atoms with Gasteiger partial charge in [-0.3, -0.25) is 0 Å². The SMILES string of the molecule is CC(C)(O)OCC[C@H](OCc1ccccc1)C(F)(F)[C@H](O)CO. The summed E-state index contributed by atoms with van der Waals surface area (Å²) in [6, 6.07) is 8.76. The van der Waals surface area contributed by atoms with Crippen molar-refractivity contribution in [3.8, 4) is 0 Å². The highest BCUT2D eigenvalue weighted by atomic mass is 19.3. The Morgan fingerprint density at radius 2 is 1.78 bits per heavy atom. The van der Waals surface area contributed by atoms with E-state index in [1.807, 2.05) is 0 Å². The lowest BCUT2D eigenvalue weighted by Crippen LogP contribution is -2.48. The Morgan fingerprint density at radius 1 is 1.17 bits per heavy atom. The first-order chi connectivity index (χ1) is 10.7. The molecule has 7 heteroatoms. The van der Waals surface area contributed by atoms with Crippen LogP contribution in [0.3, 0.4) is 0 Å². The van der Waals surface area contributed by atoms with Gasteiger partial charge in [-0.05, 0) is 19.4 Å². The monoisotopic (exact) mass is 334 g/mol. The van der Waals surface area contributed by atoms with E-state index in [4.69, 9.17) is 14.6 Å². The highest BCUT2D eigenvalue weighted by Gasteiger charge is 2.47. The van der Waals surface area contributed by atoms with Gasteiger partial charge in [0.25, 0.3) is 0 Å². The van der Waals surface area contributed by atoms with Gasteiger partial charge in [0.15, 0.2) is 5.79 Å². The van der Waals surface area contributed by atoms with E-state index < -0.39 is 30.5 Å². The third-order valence-electron chi connectivity index (χ3n) is 3.18. The van der Waals surface area contributed by atoms with Gasteiger partial charge in [-0.15, -0.1) is 0 Å². The van der Waals surface area contributed by atoms with Gasteiger partial charge in [0.1, 0.15) is 12.2 Å². The van der Waals surface area contributed by atoms with Gasteiger partial charge >= 0.3 is 5.92 Å². The molecule has 0 bridgehead atoms. The molecule has 1 aromatic rings. The number of hydrogen-bond acceptors (Lipinski definition) is 5. The minimum atomic E-state index is -3.65. The van der Waals surface area contributed by atoms with Crippen molar-refractivity contribution in [2.45, 2.75) is 50.8 Å². The Morgan fingerprint density at radius 3 is 2.30 bits per heavy atom. The van der Waals surface area contributed by atoms with Crippen LogP contribution >= 0.6 is 0 Å². The van der Waals surface area contributed by atoms with Crippen molar-refractivity contribution in [2.75, 3.05) is 13.2 Å². The van der Waals surface area contributed by atoms with Crippen LogP contribution in [0.4, 0.5) is 8.78 Å². The first-order valence-corrected chi connectivity index (χ1v) is 7.35. The molecule has 1 aromatic carbocycles. The summed E-state index contributed by atoms with van der Waals surface area (Å²) in [5.41, 5.74) is 0.704. The molecule has 0 saturated carbocycles. The van der Waals surface area contributed by atoms with Crippen LogP contribution in [-0.4, -0.2) is 52.5 Å². The lowest BCUT2D eigenvalue weighted by Gasteiger charge is -2.30. The van der Waals surface area contributed by atoms with Crippen molar-refractivity contribution in [1.29, 1.82) is 0 Å². The van der Waals surface area contributed by atoms with E-state index in [9.17, 15) is 19.0 Å². The molecule has 0 aliphatic heterocycles. The second-order valence-corrected chi connectivity index (χ2v) is 5.74. The van der Waals surface area contributed by atoms with E-state index >= 15 is 0 Å². The standard InChI is InChI=1S/C16H24F2O5/c1-15(2,21)23-9-8-14(16(17,18)13(20)10-19)22-11-12-6-4-3-5-7-12/h3-7,13-14,19-21H,8-11H2,1-2H3/t13-,14+/m1/s1. The molecule has 5 nitrogen and oxygen atoms in total. The Hall–Kier alpha value is -1.12. The summed E-state index contributed by atoms with van der Waals surface area (Å²) >= 11 is 0. The number of aliphatic hydroxyl groups is 3. The molecule has 0 saturated heterocycles. The number of aliphatic hydroxyl groups excluding tert-OH is 2. The van der Waals surface area contributed by atoms with Crippen LogP contribution in [0.15, 0.2) is 30.3 Å². The predicted octanol–water partition coefficient (Wildman–Crippen LogP) is 1.70. The number of ether oxygens (including phenoxy) is 2. The van der Waals surface area contributed by atoms with Crippen LogP contribution in [0.2, 0.25) is 0 Å². The smallest absolute Gasteiger partial charge is 0.301 e. The van der Waals surface area contributed by atoms with Crippen molar-refractivity contribution in [2.24, 2.45) is 0 Å². The van der Waals surface area contributed by atoms with Crippen molar-refractivity contribution in [3.05, 3.63) is 35.9 Å². The fourth-order valence-electron chi connectivity index (χ4n) is 1.91. The number of rotatable bonds is 10. The fourth-order valence-corrected chi connectivity index (χ4v) is 1.91. The zero-order valence-electron chi connectivity index (χ0n) is 13.3. The maximum Gasteiger partial charge on any atom is 0.301 e. The minimum Gasteiger partial charge on any atom is -0.393 e. The molecular weight excluding hydrogens is 310 g/mol. The normalized spacial score (nSPS) is 15.4. The van der Waals surface area contributed by atoms with E-state index in [-0.39, 0.29) is 19.6 Å². The molecule has 0 aromatic heterocycles. The molecule has 0 aliphatic rings. The summed E-state index contributed by atoms with van der Waals surface area (Å²) in [6.45, 7) is 1.43. The quantitative estimate of drug-likeness (QED) is 0.568. The Bertz CT molecular complexity index is 448. The van der Waals surface area contributed by atoms with Crippen LogP contribution in [0.1, 0.15) is 25.8 Å². The second-order valence-electron chi connectivity index (χ2n) is 5.74. The lowest BCUT2D eigenvalue weighted by molar-refractivity contribution is -0.222. The summed E-state index contributed by atoms with van der Waals surface area (Å²) in [7, 11) is 0. The van der Waals surface area contributed by atoms with Crippen molar-refractivity contribution >= 4 is 0 Å². The van der Waals surface area contributed by atoms with Crippen LogP contribution in [0.5, 0.6) is 0 Å². The summed E-state index contributed by atoms with van der Waals surface area (Å²) in [5.74, 6) is -5.10. The van der Waals surface area contributed by atoms with E-state index in [1.54, 1.807) is 30.3 Å². The molecule has 132 valence electrons. The zero-order chi connectivity index (χ0) is 17.5. The molecule has 0 fully saturated rings. The molecule has 0 spiro atoms. The number of benzene rings is 1. The van der Waals surface area contributed by atoms with Crippen LogP contribution < -0.4 is 0 Å². The average molecular weight is 334 g/mol. The Kier molecular flexibility index (Phi) is 7.50. The molecule has 1 rings (SSSR count). The van der Waals surface area contributed by atoms with Gasteiger partial charge in [0.05, 0.1) is 19.8 Å². The fraction of sp³-hybridized carbons (Fsp3) is 0.625. The number of hydrogen-bond donors (Lipinski definition) is 3. The van der Waals surface area contributed by atoms with Crippen LogP contribution in [0.25, 0.3) is 0 Å². The van der Waals surface area contributed by atoms with Gasteiger partial charge in [-0.1, -0.05) is 30.3 Å². The predicted molar refractivity (Wildman–Crippen MR) is 79.9 cm³/mol. The zero-order valence-corrected chi connectivity index (χ0v) is 13.3. The number of alkyl halides is 2. The molecule has 23 heavy (non-hydrogen) atoms. The summed E-state index contributed by atoms with van der Waals surface area (Å²) in [4.78, 5) is 0. The van der Waals surface area contributed by atoms with E-state index in [1.165, 1.54) is 13.8 Å².